The highest BCUT2D eigenvalue weighted by Gasteiger charge is 2.09. The first kappa shape index (κ1) is 31.1. The zero-order valence-corrected chi connectivity index (χ0v) is 22.8. The Morgan fingerprint density at radius 3 is 2.14 bits per heavy atom. The number of benzene rings is 2. The van der Waals surface area contributed by atoms with E-state index in [4.69, 9.17) is 10.8 Å². The van der Waals surface area contributed by atoms with Gasteiger partial charge in [-0.05, 0) is 55.0 Å². The molecule has 5 heteroatoms. The van der Waals surface area contributed by atoms with Gasteiger partial charge in [0.25, 0.3) is 0 Å². The third-order valence-electron chi connectivity index (χ3n) is 6.43. The number of aliphatic hydroxyl groups excluding tert-OH is 1. The average molecular weight is 495 g/mol. The summed E-state index contributed by atoms with van der Waals surface area (Å²) >= 11 is 0. The fourth-order valence-corrected chi connectivity index (χ4v) is 3.75. The predicted molar refractivity (Wildman–Crippen MR) is 153 cm³/mol. The van der Waals surface area contributed by atoms with Gasteiger partial charge in [-0.2, -0.15) is 0 Å². The van der Waals surface area contributed by atoms with Crippen LogP contribution in [0.3, 0.4) is 0 Å². The zero-order valence-electron chi connectivity index (χ0n) is 22.8. The number of carbonyl (C=O) groups is 2. The van der Waals surface area contributed by atoms with E-state index in [1.807, 2.05) is 50.2 Å². The van der Waals surface area contributed by atoms with E-state index in [1.54, 1.807) is 25.1 Å². The number of anilines is 2. The van der Waals surface area contributed by atoms with Crippen LogP contribution in [-0.2, 0) is 9.59 Å². The lowest BCUT2D eigenvalue weighted by atomic mass is 9.96. The number of nitrogens with two attached hydrogens (primary N) is 1. The summed E-state index contributed by atoms with van der Waals surface area (Å²) in [6.07, 6.45) is 12.0. The van der Waals surface area contributed by atoms with Crippen molar-refractivity contribution in [2.75, 3.05) is 11.1 Å². The number of Topliss-reactive ketones (excluding diaryl/α,β-unsaturated/α-hetero) is 1. The fourth-order valence-electron chi connectivity index (χ4n) is 3.75. The lowest BCUT2D eigenvalue weighted by Gasteiger charge is -2.07. The first-order chi connectivity index (χ1) is 17.2. The highest BCUT2D eigenvalue weighted by Crippen LogP contribution is 2.23. The molecule has 2 aromatic carbocycles. The molecule has 0 aliphatic heterocycles. The number of ketones is 1. The molecular weight excluding hydrogens is 448 g/mol. The Labute approximate surface area is 218 Å². The summed E-state index contributed by atoms with van der Waals surface area (Å²) in [5, 5.41) is 11.6. The molecule has 36 heavy (non-hydrogen) atoms. The molecule has 1 saturated carbocycles. The van der Waals surface area contributed by atoms with Crippen LogP contribution in [0.15, 0.2) is 54.6 Å². The highest BCUT2D eigenvalue weighted by atomic mass is 16.3. The lowest BCUT2D eigenvalue weighted by molar-refractivity contribution is -0.118. The van der Waals surface area contributed by atoms with Gasteiger partial charge in [0.15, 0.2) is 0 Å². The van der Waals surface area contributed by atoms with Gasteiger partial charge >= 0.3 is 0 Å². The molecule has 2 unspecified atom stereocenters. The van der Waals surface area contributed by atoms with Crippen LogP contribution in [0.25, 0.3) is 6.08 Å². The van der Waals surface area contributed by atoms with Crippen molar-refractivity contribution in [3.05, 3.63) is 65.7 Å². The maximum atomic E-state index is 11.9. The van der Waals surface area contributed by atoms with Crippen LogP contribution in [0.4, 0.5) is 11.4 Å². The van der Waals surface area contributed by atoms with Gasteiger partial charge < -0.3 is 16.2 Å². The molecule has 0 radical (unpaired) electrons. The summed E-state index contributed by atoms with van der Waals surface area (Å²) in [6, 6.07) is 14.7. The van der Waals surface area contributed by atoms with Gasteiger partial charge in [-0.3, -0.25) is 9.59 Å². The van der Waals surface area contributed by atoms with Gasteiger partial charge in [0.2, 0.25) is 5.91 Å². The SMILES string of the molecule is CC(=O)C(C)c1ccc(/C=C/C(=O)Nc2ccccc2N)cc1.CC1CCCC1.CCCC(O)CC. The van der Waals surface area contributed by atoms with Crippen molar-refractivity contribution >= 4 is 29.1 Å². The molecule has 3 rings (SSSR count). The van der Waals surface area contributed by atoms with Gasteiger partial charge in [-0.25, -0.2) is 0 Å². The number of hydrogen-bond acceptors (Lipinski definition) is 4. The molecular formula is C31H46N2O3. The van der Waals surface area contributed by atoms with E-state index in [-0.39, 0.29) is 23.7 Å². The van der Waals surface area contributed by atoms with E-state index < -0.39 is 0 Å². The van der Waals surface area contributed by atoms with Crippen molar-refractivity contribution in [1.82, 2.24) is 0 Å². The number of para-hydroxylation sites is 2. The van der Waals surface area contributed by atoms with E-state index in [0.29, 0.717) is 11.4 Å². The first-order valence-corrected chi connectivity index (χ1v) is 13.3. The van der Waals surface area contributed by atoms with Crippen LogP contribution >= 0.6 is 0 Å². The quantitative estimate of drug-likeness (QED) is 0.264. The van der Waals surface area contributed by atoms with Crippen molar-refractivity contribution in [3.8, 4) is 0 Å². The number of hydrogen-bond donors (Lipinski definition) is 3. The molecule has 1 aliphatic carbocycles. The predicted octanol–water partition coefficient (Wildman–Crippen LogP) is 7.37. The molecule has 0 aromatic heterocycles. The summed E-state index contributed by atoms with van der Waals surface area (Å²) in [6.45, 7) is 9.88. The molecule has 5 nitrogen and oxygen atoms in total. The Balaban J connectivity index is 0.000000406. The number of nitrogen functional groups attached to an aromatic ring is 1. The largest absolute Gasteiger partial charge is 0.397 e. The van der Waals surface area contributed by atoms with E-state index in [0.717, 1.165) is 36.3 Å². The number of rotatable bonds is 8. The van der Waals surface area contributed by atoms with Crippen LogP contribution in [0.5, 0.6) is 0 Å². The summed E-state index contributed by atoms with van der Waals surface area (Å²) in [4.78, 5) is 23.3. The maximum absolute atomic E-state index is 11.9. The summed E-state index contributed by atoms with van der Waals surface area (Å²) in [7, 11) is 0. The lowest BCUT2D eigenvalue weighted by Crippen LogP contribution is -2.09. The second kappa shape index (κ2) is 17.5. The smallest absolute Gasteiger partial charge is 0.248 e. The maximum Gasteiger partial charge on any atom is 0.248 e. The van der Waals surface area contributed by atoms with Crippen LogP contribution in [0.2, 0.25) is 0 Å². The van der Waals surface area contributed by atoms with Gasteiger partial charge in [-0.15, -0.1) is 0 Å². The second-order valence-corrected chi connectivity index (χ2v) is 9.65. The van der Waals surface area contributed by atoms with Gasteiger partial charge in [0.05, 0.1) is 17.5 Å². The summed E-state index contributed by atoms with van der Waals surface area (Å²) in [5.74, 6) is 0.819. The Morgan fingerprint density at radius 2 is 1.69 bits per heavy atom. The van der Waals surface area contributed by atoms with Crippen molar-refractivity contribution < 1.29 is 14.7 Å². The molecule has 198 valence electrons. The van der Waals surface area contributed by atoms with Crippen LogP contribution in [0, 0.1) is 5.92 Å². The van der Waals surface area contributed by atoms with Crippen molar-refractivity contribution in [3.63, 3.8) is 0 Å². The molecule has 0 heterocycles. The van der Waals surface area contributed by atoms with Crippen molar-refractivity contribution in [1.29, 1.82) is 0 Å². The topological polar surface area (TPSA) is 92.4 Å². The minimum atomic E-state index is -0.246. The monoisotopic (exact) mass is 494 g/mol. The Bertz CT molecular complexity index is 931. The van der Waals surface area contributed by atoms with Gasteiger partial charge in [0, 0.05) is 12.0 Å². The Hall–Kier alpha value is -2.92. The molecule has 2 aromatic rings. The standard InChI is InChI=1S/C19H20N2O2.C6H14O.C6H12/c1-13(14(2)22)16-10-7-15(8-11-16)9-12-19(23)21-18-6-4-3-5-17(18)20;1-3-5-6(7)4-2;1-6-4-2-3-5-6/h3-13H,20H2,1-2H3,(H,21,23);6-7H,3-5H2,1-2H3;6H,2-5H2,1H3/b12-9+;;. The number of amides is 1. The van der Waals surface area contributed by atoms with E-state index in [1.165, 1.54) is 31.8 Å². The Morgan fingerprint density at radius 1 is 1.08 bits per heavy atom. The molecule has 0 bridgehead atoms. The Kier molecular flexibility index (Phi) is 15.1. The van der Waals surface area contributed by atoms with Crippen molar-refractivity contribution in [2.45, 2.75) is 91.6 Å². The molecule has 0 saturated heterocycles. The van der Waals surface area contributed by atoms with E-state index >= 15 is 0 Å². The van der Waals surface area contributed by atoms with Crippen LogP contribution in [-0.4, -0.2) is 22.9 Å². The van der Waals surface area contributed by atoms with Crippen LogP contribution in [0.1, 0.15) is 96.6 Å². The molecule has 1 fully saturated rings. The molecule has 1 aliphatic rings. The third-order valence-corrected chi connectivity index (χ3v) is 6.43. The molecule has 1 amide bonds. The molecule has 0 spiro atoms. The second-order valence-electron chi connectivity index (χ2n) is 9.65. The molecule has 4 N–H and O–H groups in total. The minimum Gasteiger partial charge on any atom is -0.397 e. The molecule has 2 atom stereocenters. The van der Waals surface area contributed by atoms with Gasteiger partial charge in [-0.1, -0.05) is 96.2 Å². The minimum absolute atomic E-state index is 0.0509. The highest BCUT2D eigenvalue weighted by molar-refractivity contribution is 6.03. The average Bonchev–Trinajstić information content (AvgIpc) is 3.35. The first-order valence-electron chi connectivity index (χ1n) is 13.3. The van der Waals surface area contributed by atoms with E-state index in [9.17, 15) is 9.59 Å². The zero-order chi connectivity index (χ0) is 26.9. The van der Waals surface area contributed by atoms with Crippen molar-refractivity contribution in [2.24, 2.45) is 5.92 Å². The fraction of sp³-hybridized carbons (Fsp3) is 0.484. The third kappa shape index (κ3) is 12.7. The van der Waals surface area contributed by atoms with Crippen LogP contribution < -0.4 is 11.1 Å². The van der Waals surface area contributed by atoms with Gasteiger partial charge in [0.1, 0.15) is 5.78 Å². The normalized spacial score (nSPS) is 14.7. The number of aliphatic hydroxyl groups is 1. The summed E-state index contributed by atoms with van der Waals surface area (Å²) < 4.78 is 0. The summed E-state index contributed by atoms with van der Waals surface area (Å²) in [5.41, 5.74) is 8.75. The number of nitrogens with one attached hydrogen (secondary N) is 1. The van der Waals surface area contributed by atoms with E-state index in [2.05, 4.69) is 19.2 Å². The number of carbonyl (C=O) groups excluding carboxylic acids is 2.